The van der Waals surface area contributed by atoms with Crippen LogP contribution < -0.4 is 4.74 Å². The molecule has 0 heterocycles. The van der Waals surface area contributed by atoms with Gasteiger partial charge >= 0.3 is 23.9 Å². The van der Waals surface area contributed by atoms with Gasteiger partial charge in [0, 0.05) is 27.9 Å². The zero-order valence-corrected chi connectivity index (χ0v) is 34.6. The first-order valence-corrected chi connectivity index (χ1v) is 17.5. The van der Waals surface area contributed by atoms with Crippen molar-refractivity contribution in [1.82, 2.24) is 4.90 Å². The lowest BCUT2D eigenvalue weighted by molar-refractivity contribution is -0.140. The number of phenols is 1. The van der Waals surface area contributed by atoms with Gasteiger partial charge in [-0.15, -0.1) is 0 Å². The summed E-state index contributed by atoms with van der Waals surface area (Å²) in [6.45, 7) is 34.4. The minimum Gasteiger partial charge on any atom is -0.508 e. The third kappa shape index (κ3) is 28.2. The van der Waals surface area contributed by atoms with Crippen LogP contribution >= 0.6 is 11.6 Å². The molecule has 2 aromatic rings. The number of aromatic hydroxyl groups is 1. The van der Waals surface area contributed by atoms with E-state index in [9.17, 15) is 24.0 Å². The predicted molar refractivity (Wildman–Crippen MR) is 218 cm³/mol. The molecule has 0 spiro atoms. The molecule has 0 aromatic heterocycles. The highest BCUT2D eigenvalue weighted by molar-refractivity contribution is 6.67. The lowest BCUT2D eigenvalue weighted by atomic mass is 10.1. The van der Waals surface area contributed by atoms with E-state index >= 15 is 0 Å². The summed E-state index contributed by atoms with van der Waals surface area (Å²) in [7, 11) is 0. The number of rotatable bonds is 15. The molecule has 0 aliphatic rings. The Hall–Kier alpha value is -5.34. The summed E-state index contributed by atoms with van der Waals surface area (Å²) in [5, 5.41) is 33.8. The average Bonchev–Trinajstić information content (AvgIpc) is 3.13. The van der Waals surface area contributed by atoms with Crippen molar-refractivity contribution in [2.45, 2.75) is 81.8 Å². The first-order valence-electron chi connectivity index (χ1n) is 17.1. The lowest BCUT2D eigenvalue weighted by Gasteiger charge is -2.13. The highest BCUT2D eigenvalue weighted by atomic mass is 35.5. The van der Waals surface area contributed by atoms with Gasteiger partial charge in [-0.25, -0.2) is 19.2 Å². The number of carbonyl (C=O) groups is 5. The van der Waals surface area contributed by atoms with Crippen LogP contribution in [0.1, 0.15) is 77.6 Å². The van der Waals surface area contributed by atoms with Gasteiger partial charge in [0.05, 0.1) is 13.2 Å². The Balaban J connectivity index is -0.000000760. The molecule has 0 aliphatic carbocycles. The number of nitrogens with zero attached hydrogens (tertiary/aromatic N) is 1. The Labute approximate surface area is 335 Å². The van der Waals surface area contributed by atoms with Crippen LogP contribution in [0.15, 0.2) is 97.2 Å². The van der Waals surface area contributed by atoms with E-state index in [0.29, 0.717) is 27.8 Å². The van der Waals surface area contributed by atoms with Gasteiger partial charge in [0.15, 0.2) is 0 Å². The summed E-state index contributed by atoms with van der Waals surface area (Å²) in [5.41, 5.74) is 3.67. The van der Waals surface area contributed by atoms with Crippen molar-refractivity contribution in [2.24, 2.45) is 0 Å². The van der Waals surface area contributed by atoms with Crippen molar-refractivity contribution >= 4 is 40.7 Å². The van der Waals surface area contributed by atoms with E-state index < -0.39 is 29.1 Å². The van der Waals surface area contributed by atoms with Gasteiger partial charge in [-0.05, 0) is 118 Å². The fraction of sp³-hybridized carbons (Fsp3) is 0.357. The Morgan fingerprint density at radius 1 is 0.589 bits per heavy atom. The smallest absolute Gasteiger partial charge is 0.338 e. The van der Waals surface area contributed by atoms with E-state index in [0.717, 1.165) is 0 Å². The van der Waals surface area contributed by atoms with E-state index in [1.54, 1.807) is 31.2 Å². The Morgan fingerprint density at radius 2 is 0.911 bits per heavy atom. The molecular formula is C42H58ClNO12. The SMILES string of the molecule is C=C(C)C(=O)Cl.C=C(C)C(=O)O.C=C(C)C(=O)OCc1cc(COC(=O)C(=C)C)cc(OC(=O)C(=C)C)c1.CCN(CC)CC.OCc1cc(O)cc(CO)c1. The van der Waals surface area contributed by atoms with Gasteiger partial charge in [0.2, 0.25) is 5.24 Å². The third-order valence-electron chi connectivity index (χ3n) is 6.47. The number of halogens is 1. The number of esters is 3. The molecule has 2 rings (SSSR count). The van der Waals surface area contributed by atoms with E-state index in [1.807, 2.05) is 0 Å². The zero-order chi connectivity index (χ0) is 44.1. The minimum atomic E-state index is -0.935. The number of carboxylic acid groups (broad SMARTS) is 1. The second-order valence-corrected chi connectivity index (χ2v) is 12.3. The minimum absolute atomic E-state index is 0.0500. The maximum Gasteiger partial charge on any atom is 0.338 e. The molecule has 56 heavy (non-hydrogen) atoms. The van der Waals surface area contributed by atoms with Crippen LogP contribution in [0, 0.1) is 0 Å². The molecule has 0 fully saturated rings. The molecule has 0 bridgehead atoms. The molecule has 14 heteroatoms. The highest BCUT2D eigenvalue weighted by Crippen LogP contribution is 2.21. The lowest BCUT2D eigenvalue weighted by Crippen LogP contribution is -2.21. The van der Waals surface area contributed by atoms with Crippen LogP contribution in [0.5, 0.6) is 11.5 Å². The zero-order valence-electron chi connectivity index (χ0n) is 33.8. The summed E-state index contributed by atoms with van der Waals surface area (Å²) >= 11 is 4.87. The Bertz CT molecular complexity index is 1550. The molecular weight excluding hydrogens is 746 g/mol. The van der Waals surface area contributed by atoms with Crippen molar-refractivity contribution < 1.29 is 58.6 Å². The maximum atomic E-state index is 11.7. The normalized spacial score (nSPS) is 9.43. The summed E-state index contributed by atoms with van der Waals surface area (Å²) < 4.78 is 15.4. The Morgan fingerprint density at radius 3 is 1.14 bits per heavy atom. The van der Waals surface area contributed by atoms with Crippen LogP contribution in [0.4, 0.5) is 0 Å². The molecule has 310 valence electrons. The molecule has 4 N–H and O–H groups in total. The molecule has 0 saturated carbocycles. The number of benzene rings is 2. The van der Waals surface area contributed by atoms with Crippen molar-refractivity contribution in [2.75, 3.05) is 19.6 Å². The number of allylic oxidation sites excluding steroid dienone is 1. The van der Waals surface area contributed by atoms with E-state index in [2.05, 4.69) is 58.6 Å². The van der Waals surface area contributed by atoms with Crippen LogP contribution in [0.3, 0.4) is 0 Å². The topological polar surface area (TPSA) is 197 Å². The van der Waals surface area contributed by atoms with Gasteiger partial charge in [-0.2, -0.15) is 0 Å². The number of hydrogen-bond donors (Lipinski definition) is 4. The number of carboxylic acids is 1. The summed E-state index contributed by atoms with van der Waals surface area (Å²) in [6.07, 6.45) is 0. The molecule has 0 saturated heterocycles. The molecule has 2 aromatic carbocycles. The quantitative estimate of drug-likeness (QED) is 0.0616. The fourth-order valence-electron chi connectivity index (χ4n) is 3.29. The number of aliphatic carboxylic acids is 1. The van der Waals surface area contributed by atoms with E-state index in [1.165, 1.54) is 59.5 Å². The fourth-order valence-corrected chi connectivity index (χ4v) is 3.29. The van der Waals surface area contributed by atoms with Crippen molar-refractivity contribution in [3.63, 3.8) is 0 Å². The van der Waals surface area contributed by atoms with Crippen LogP contribution in [-0.2, 0) is 59.9 Å². The predicted octanol–water partition coefficient (Wildman–Crippen LogP) is 7.11. The second-order valence-electron chi connectivity index (χ2n) is 12.0. The molecule has 13 nitrogen and oxygen atoms in total. The largest absolute Gasteiger partial charge is 0.508 e. The summed E-state index contributed by atoms with van der Waals surface area (Å²) in [4.78, 5) is 56.6. The van der Waals surface area contributed by atoms with Crippen LogP contribution in [0.2, 0.25) is 0 Å². The number of aliphatic hydroxyl groups excluding tert-OH is 2. The molecule has 0 amide bonds. The van der Waals surface area contributed by atoms with Crippen LogP contribution in [-0.4, -0.2) is 74.1 Å². The third-order valence-corrected chi connectivity index (χ3v) is 6.79. The molecule has 0 aliphatic heterocycles. The number of hydrogen-bond acceptors (Lipinski definition) is 12. The average molecular weight is 804 g/mol. The van der Waals surface area contributed by atoms with Crippen molar-refractivity contribution in [1.29, 1.82) is 0 Å². The number of ether oxygens (including phenoxy) is 3. The number of aliphatic hydroxyl groups is 2. The molecule has 0 unspecified atom stereocenters. The van der Waals surface area contributed by atoms with Gasteiger partial charge in [0.25, 0.3) is 0 Å². The van der Waals surface area contributed by atoms with Crippen molar-refractivity contribution in [3.8, 4) is 11.5 Å². The highest BCUT2D eigenvalue weighted by Gasteiger charge is 2.12. The van der Waals surface area contributed by atoms with Gasteiger partial charge in [-0.1, -0.05) is 59.7 Å². The first-order chi connectivity index (χ1) is 26.0. The first kappa shape index (κ1) is 55.0. The summed E-state index contributed by atoms with van der Waals surface area (Å²) in [6, 6.07) is 9.33. The van der Waals surface area contributed by atoms with Gasteiger partial charge in [-0.3, -0.25) is 4.79 Å². The molecule has 0 radical (unpaired) electrons. The number of carbonyl (C=O) groups excluding carboxylic acids is 4. The maximum absolute atomic E-state index is 11.7. The monoisotopic (exact) mass is 803 g/mol. The second kappa shape index (κ2) is 30.9. The summed E-state index contributed by atoms with van der Waals surface area (Å²) in [5.74, 6) is -2.31. The van der Waals surface area contributed by atoms with E-state index in [4.69, 9.17) is 46.2 Å². The van der Waals surface area contributed by atoms with Crippen molar-refractivity contribution in [3.05, 3.63) is 119 Å². The number of phenolic OH excluding ortho intramolecular Hbond substituents is 1. The standard InChI is InChI=1S/C20H22O6.C8H10O3.C6H15N.C4H5ClO.C4H6O2/c1-12(2)18(21)24-10-15-7-16(11-25-19(22)13(3)4)9-17(8-15)26-20(23)14(5)6;9-4-6-1-7(5-10)3-8(11)2-6;1-4-7(5-2)6-3;2*1-3(2)4(5)6/h7-9H,1,3,5,10-11H2,2,4,6H3;1-3,9-11H,4-5H2;4-6H2,1-3H3;1H2,2H3;1H2,2H3,(H,5,6). The Kier molecular flexibility index (Phi) is 30.4. The van der Waals surface area contributed by atoms with E-state index in [-0.39, 0.29) is 60.2 Å². The van der Waals surface area contributed by atoms with Gasteiger partial charge < -0.3 is 39.5 Å². The molecule has 0 atom stereocenters. The van der Waals surface area contributed by atoms with Gasteiger partial charge in [0.1, 0.15) is 24.7 Å². The van der Waals surface area contributed by atoms with Crippen LogP contribution in [0.25, 0.3) is 0 Å².